The summed E-state index contributed by atoms with van der Waals surface area (Å²) >= 11 is 24.4. The van der Waals surface area contributed by atoms with Crippen molar-refractivity contribution in [2.24, 2.45) is 0 Å². The van der Waals surface area contributed by atoms with E-state index in [0.29, 0.717) is 13.6 Å². The average molecular weight is 541 g/mol. The topological polar surface area (TPSA) is 112 Å². The molecule has 0 aromatic heterocycles. The van der Waals surface area contributed by atoms with Crippen LogP contribution >= 0.6 is 69.0 Å². The highest BCUT2D eigenvalue weighted by atomic mass is 127. The average Bonchev–Trinajstić information content (AvgIpc) is 2.49. The van der Waals surface area contributed by atoms with Gasteiger partial charge in [-0.25, -0.2) is 0 Å². The van der Waals surface area contributed by atoms with Gasteiger partial charge in [0.15, 0.2) is 0 Å². The number of hydrogen-bond donors (Lipinski definition) is 1. The zero-order valence-corrected chi connectivity index (χ0v) is 16.5. The number of nitrogen functional groups attached to an aromatic ring is 1. The first-order valence-corrected chi connectivity index (χ1v) is 8.31. The summed E-state index contributed by atoms with van der Waals surface area (Å²) in [5, 5.41) is 21.4. The molecule has 2 rings (SSSR count). The molecule has 2 aromatic rings. The van der Waals surface area contributed by atoms with Gasteiger partial charge < -0.3 is 5.73 Å². The van der Waals surface area contributed by atoms with Gasteiger partial charge in [0.05, 0.1) is 39.2 Å². The van der Waals surface area contributed by atoms with Crippen LogP contribution in [0.3, 0.4) is 0 Å². The number of benzene rings is 2. The first-order chi connectivity index (χ1) is 11.0. The van der Waals surface area contributed by atoms with Gasteiger partial charge in [-0.1, -0.05) is 53.8 Å². The van der Waals surface area contributed by atoms with Gasteiger partial charge in [0, 0.05) is 24.3 Å². The number of rotatable bonds is 2. The molecule has 0 bridgehead atoms. The normalized spacial score (nSPS) is 9.48. The minimum atomic E-state index is -0.586. The maximum Gasteiger partial charge on any atom is 0.272 e. The Kier molecular flexibility index (Phi) is 9.73. The molecule has 0 atom stereocenters. The first kappa shape index (κ1) is 23.9. The fourth-order valence-corrected chi connectivity index (χ4v) is 2.59. The van der Waals surface area contributed by atoms with Gasteiger partial charge in [-0.3, -0.25) is 20.2 Å². The highest BCUT2D eigenvalue weighted by Crippen LogP contribution is 2.32. The second-order valence-electron chi connectivity index (χ2n) is 4.06. The zero-order chi connectivity index (χ0) is 18.6. The molecule has 0 fully saturated rings. The molecular weight excluding hydrogens is 531 g/mol. The molecule has 2 aromatic carbocycles. The van der Waals surface area contributed by atoms with Gasteiger partial charge in [0.2, 0.25) is 0 Å². The van der Waals surface area contributed by atoms with Crippen molar-refractivity contribution in [3.63, 3.8) is 0 Å². The minimum absolute atomic E-state index is 0. The standard InChI is InChI=1S/C6H2Cl2INO2.C6H4Cl2N2O2.CH4/c2*7-4-1-3(10(11)12)2-5(8)6(4)9;/h1-2H;1-2H,9H2;1H4. The number of anilines is 1. The summed E-state index contributed by atoms with van der Waals surface area (Å²) < 4.78 is 0.626. The van der Waals surface area contributed by atoms with Gasteiger partial charge in [-0.15, -0.1) is 0 Å². The van der Waals surface area contributed by atoms with Gasteiger partial charge in [0.1, 0.15) is 0 Å². The fourth-order valence-electron chi connectivity index (χ4n) is 1.32. The van der Waals surface area contributed by atoms with Crippen LogP contribution < -0.4 is 5.73 Å². The Bertz CT molecular complexity index is 706. The van der Waals surface area contributed by atoms with E-state index in [1.54, 1.807) is 0 Å². The molecule has 0 amide bonds. The summed E-state index contributed by atoms with van der Waals surface area (Å²) in [6, 6.07) is 4.86. The van der Waals surface area contributed by atoms with Crippen LogP contribution in [0, 0.1) is 23.8 Å². The number of nitrogens with two attached hydrogens (primary N) is 1. The number of hydrogen-bond acceptors (Lipinski definition) is 5. The van der Waals surface area contributed by atoms with Crippen molar-refractivity contribution in [3.05, 3.63) is 68.2 Å². The number of nitrogens with zero attached hydrogens (tertiary/aromatic N) is 2. The lowest BCUT2D eigenvalue weighted by Gasteiger charge is -1.99. The number of nitro groups is 2. The fraction of sp³-hybridized carbons (Fsp3) is 0.0769. The molecule has 0 aliphatic carbocycles. The lowest BCUT2D eigenvalue weighted by molar-refractivity contribution is -0.385. The van der Waals surface area contributed by atoms with E-state index in [1.807, 2.05) is 22.6 Å². The van der Waals surface area contributed by atoms with Gasteiger partial charge >= 0.3 is 0 Å². The third kappa shape index (κ3) is 6.63. The smallest absolute Gasteiger partial charge is 0.272 e. The molecule has 12 heteroatoms. The predicted molar refractivity (Wildman–Crippen MR) is 110 cm³/mol. The Morgan fingerprint density at radius 3 is 1.36 bits per heavy atom. The van der Waals surface area contributed by atoms with Crippen LogP contribution in [0.15, 0.2) is 24.3 Å². The molecule has 0 spiro atoms. The summed E-state index contributed by atoms with van der Waals surface area (Å²) in [4.78, 5) is 19.4. The largest absolute Gasteiger partial charge is 0.396 e. The molecule has 7 nitrogen and oxygen atoms in total. The Labute approximate surface area is 176 Å². The maximum atomic E-state index is 10.3. The van der Waals surface area contributed by atoms with Gasteiger partial charge in [-0.2, -0.15) is 0 Å². The summed E-state index contributed by atoms with van der Waals surface area (Å²) in [6.45, 7) is 0. The Morgan fingerprint density at radius 1 is 0.800 bits per heavy atom. The molecule has 0 aliphatic heterocycles. The lowest BCUT2D eigenvalue weighted by Crippen LogP contribution is -1.92. The van der Waals surface area contributed by atoms with E-state index in [2.05, 4.69) is 0 Å². The Balaban J connectivity index is 0.000000443. The van der Waals surface area contributed by atoms with E-state index in [1.165, 1.54) is 12.1 Å². The number of halogens is 5. The zero-order valence-electron chi connectivity index (χ0n) is 11.3. The van der Waals surface area contributed by atoms with E-state index >= 15 is 0 Å². The van der Waals surface area contributed by atoms with Crippen LogP contribution in [0.2, 0.25) is 20.1 Å². The number of non-ortho nitro benzene ring substituents is 2. The monoisotopic (exact) mass is 539 g/mol. The Hall–Kier alpha value is -1.07. The SMILES string of the molecule is C.Nc1c(Cl)cc([N+](=O)[O-])cc1Cl.O=[N+]([O-])c1cc(Cl)c(I)c(Cl)c1. The lowest BCUT2D eigenvalue weighted by atomic mass is 10.3. The highest BCUT2D eigenvalue weighted by molar-refractivity contribution is 14.1. The van der Waals surface area contributed by atoms with Crippen LogP contribution in [-0.2, 0) is 0 Å². The maximum absolute atomic E-state index is 10.3. The molecule has 2 N–H and O–H groups in total. The quantitative estimate of drug-likeness (QED) is 0.151. The minimum Gasteiger partial charge on any atom is -0.396 e. The molecule has 0 heterocycles. The van der Waals surface area contributed by atoms with Gasteiger partial charge in [-0.05, 0) is 22.6 Å². The van der Waals surface area contributed by atoms with Crippen LogP contribution in [0.5, 0.6) is 0 Å². The van der Waals surface area contributed by atoms with Gasteiger partial charge in [0.25, 0.3) is 11.4 Å². The van der Waals surface area contributed by atoms with Crippen LogP contribution in [0.25, 0.3) is 0 Å². The van der Waals surface area contributed by atoms with E-state index in [4.69, 9.17) is 52.1 Å². The Morgan fingerprint density at radius 2 is 1.08 bits per heavy atom. The second-order valence-corrected chi connectivity index (χ2v) is 6.77. The van der Waals surface area contributed by atoms with E-state index < -0.39 is 9.85 Å². The van der Waals surface area contributed by atoms with Crippen molar-refractivity contribution >= 4 is 86.1 Å². The molecular formula is C13H10Cl4IN3O4. The number of nitro benzene ring substituents is 2. The summed E-state index contributed by atoms with van der Waals surface area (Å²) in [5.74, 6) is 0. The van der Waals surface area contributed by atoms with Crippen molar-refractivity contribution < 1.29 is 9.85 Å². The second kappa shape index (κ2) is 10.2. The van der Waals surface area contributed by atoms with E-state index in [-0.39, 0.29) is 34.5 Å². The first-order valence-electron chi connectivity index (χ1n) is 5.72. The third-order valence-electron chi connectivity index (χ3n) is 2.45. The van der Waals surface area contributed by atoms with Crippen molar-refractivity contribution in [1.29, 1.82) is 0 Å². The molecule has 0 radical (unpaired) electrons. The summed E-state index contributed by atoms with van der Waals surface area (Å²) in [6.07, 6.45) is 0. The van der Waals surface area contributed by atoms with Crippen molar-refractivity contribution in [2.75, 3.05) is 5.73 Å². The molecule has 25 heavy (non-hydrogen) atoms. The summed E-state index contributed by atoms with van der Waals surface area (Å²) in [5.41, 5.74) is 5.26. The molecule has 0 saturated heterocycles. The van der Waals surface area contributed by atoms with Crippen molar-refractivity contribution in [2.45, 2.75) is 7.43 Å². The third-order valence-corrected chi connectivity index (χ3v) is 5.48. The highest BCUT2D eigenvalue weighted by Gasteiger charge is 2.12. The van der Waals surface area contributed by atoms with E-state index in [0.717, 1.165) is 12.1 Å². The van der Waals surface area contributed by atoms with Crippen LogP contribution in [0.1, 0.15) is 7.43 Å². The van der Waals surface area contributed by atoms with Crippen LogP contribution in [0.4, 0.5) is 17.1 Å². The van der Waals surface area contributed by atoms with Crippen molar-refractivity contribution in [3.8, 4) is 0 Å². The van der Waals surface area contributed by atoms with Crippen molar-refractivity contribution in [1.82, 2.24) is 0 Å². The predicted octanol–water partition coefficient (Wildman–Crippen LogP) is 6.63. The van der Waals surface area contributed by atoms with E-state index in [9.17, 15) is 20.2 Å². The molecule has 0 unspecified atom stereocenters. The summed E-state index contributed by atoms with van der Waals surface area (Å²) in [7, 11) is 0. The molecule has 0 saturated carbocycles. The molecule has 136 valence electrons. The van der Waals surface area contributed by atoms with Crippen LogP contribution in [-0.4, -0.2) is 9.85 Å². The molecule has 0 aliphatic rings.